The van der Waals surface area contributed by atoms with Gasteiger partial charge in [-0.2, -0.15) is 0 Å². The van der Waals surface area contributed by atoms with Gasteiger partial charge in [0.1, 0.15) is 0 Å². The molecule has 0 radical (unpaired) electrons. The van der Waals surface area contributed by atoms with E-state index in [0.29, 0.717) is 19.7 Å². The zero-order valence-electron chi connectivity index (χ0n) is 7.82. The van der Waals surface area contributed by atoms with Gasteiger partial charge in [-0.25, -0.2) is 0 Å². The molecule has 13 heavy (non-hydrogen) atoms. The van der Waals surface area contributed by atoms with Gasteiger partial charge < -0.3 is 15.2 Å². The van der Waals surface area contributed by atoms with Crippen molar-refractivity contribution in [1.82, 2.24) is 10.2 Å². The maximum atomic E-state index is 10.4. The van der Waals surface area contributed by atoms with Gasteiger partial charge in [0.2, 0.25) is 0 Å². The molecule has 0 amide bonds. The van der Waals surface area contributed by atoms with Crippen LogP contribution in [0.5, 0.6) is 0 Å². The van der Waals surface area contributed by atoms with E-state index in [9.17, 15) is 4.79 Å². The predicted octanol–water partition coefficient (Wildman–Crippen LogP) is -1.01. The number of ether oxygens (including phenoxy) is 1. The summed E-state index contributed by atoms with van der Waals surface area (Å²) >= 11 is 0. The van der Waals surface area contributed by atoms with E-state index in [1.807, 2.05) is 11.9 Å². The van der Waals surface area contributed by atoms with Crippen LogP contribution in [0.15, 0.2) is 0 Å². The van der Waals surface area contributed by atoms with Crippen LogP contribution in [0.25, 0.3) is 0 Å². The summed E-state index contributed by atoms with van der Waals surface area (Å²) in [7, 11) is 1.86. The van der Waals surface area contributed by atoms with Gasteiger partial charge in [0.05, 0.1) is 19.3 Å². The molecule has 0 aromatic heterocycles. The van der Waals surface area contributed by atoms with Crippen molar-refractivity contribution >= 4 is 5.97 Å². The standard InChI is InChI=1S/C8H16N2O3/c1-9-4-7-5-10(2-3-13-7)6-8(11)12/h7,9H,2-6H2,1H3,(H,11,12). The topological polar surface area (TPSA) is 61.8 Å². The molecule has 0 aliphatic carbocycles. The molecule has 0 spiro atoms. The Labute approximate surface area is 77.7 Å². The van der Waals surface area contributed by atoms with Crippen LogP contribution < -0.4 is 5.32 Å². The normalized spacial score (nSPS) is 24.5. The second-order valence-corrected chi connectivity index (χ2v) is 3.18. The van der Waals surface area contributed by atoms with Gasteiger partial charge in [-0.3, -0.25) is 9.69 Å². The molecule has 1 rings (SSSR count). The molecule has 0 aromatic rings. The Hall–Kier alpha value is -0.650. The third kappa shape index (κ3) is 3.71. The molecule has 2 N–H and O–H groups in total. The lowest BCUT2D eigenvalue weighted by atomic mass is 10.2. The third-order valence-electron chi connectivity index (χ3n) is 2.01. The molecule has 1 aliphatic heterocycles. The maximum absolute atomic E-state index is 10.4. The summed E-state index contributed by atoms with van der Waals surface area (Å²) in [4.78, 5) is 12.3. The van der Waals surface area contributed by atoms with Crippen LogP contribution in [-0.2, 0) is 9.53 Å². The minimum Gasteiger partial charge on any atom is -0.480 e. The van der Waals surface area contributed by atoms with E-state index in [2.05, 4.69) is 5.32 Å². The van der Waals surface area contributed by atoms with Gasteiger partial charge >= 0.3 is 5.97 Å². The highest BCUT2D eigenvalue weighted by Crippen LogP contribution is 2.03. The Bertz CT molecular complexity index is 173. The van der Waals surface area contributed by atoms with Crippen molar-refractivity contribution in [3.05, 3.63) is 0 Å². The number of hydrogen-bond donors (Lipinski definition) is 2. The third-order valence-corrected chi connectivity index (χ3v) is 2.01. The summed E-state index contributed by atoms with van der Waals surface area (Å²) in [5.74, 6) is -0.773. The number of hydrogen-bond acceptors (Lipinski definition) is 4. The van der Waals surface area contributed by atoms with E-state index in [4.69, 9.17) is 9.84 Å². The molecular weight excluding hydrogens is 172 g/mol. The van der Waals surface area contributed by atoms with Crippen LogP contribution in [0.1, 0.15) is 0 Å². The summed E-state index contributed by atoms with van der Waals surface area (Å²) in [5, 5.41) is 11.6. The lowest BCUT2D eigenvalue weighted by Gasteiger charge is -2.31. The number of likely N-dealkylation sites (N-methyl/N-ethyl adjacent to an activating group) is 1. The molecule has 1 heterocycles. The first-order chi connectivity index (χ1) is 6.22. The van der Waals surface area contributed by atoms with Gasteiger partial charge in [-0.05, 0) is 7.05 Å². The maximum Gasteiger partial charge on any atom is 0.317 e. The molecular formula is C8H16N2O3. The van der Waals surface area contributed by atoms with Crippen molar-refractivity contribution in [3.63, 3.8) is 0 Å². The molecule has 76 valence electrons. The van der Waals surface area contributed by atoms with E-state index >= 15 is 0 Å². The summed E-state index contributed by atoms with van der Waals surface area (Å²) in [6.07, 6.45) is 0.123. The van der Waals surface area contributed by atoms with Crippen LogP contribution in [0.4, 0.5) is 0 Å². The van der Waals surface area contributed by atoms with E-state index in [1.165, 1.54) is 0 Å². The number of rotatable bonds is 4. The number of nitrogens with zero attached hydrogens (tertiary/aromatic N) is 1. The molecule has 5 heteroatoms. The van der Waals surface area contributed by atoms with Crippen molar-refractivity contribution in [3.8, 4) is 0 Å². The van der Waals surface area contributed by atoms with Crippen molar-refractivity contribution in [2.75, 3.05) is 39.8 Å². The Morgan fingerprint density at radius 3 is 3.15 bits per heavy atom. The average Bonchev–Trinajstić information content (AvgIpc) is 2.04. The van der Waals surface area contributed by atoms with Crippen molar-refractivity contribution in [2.45, 2.75) is 6.10 Å². The van der Waals surface area contributed by atoms with Crippen LogP contribution >= 0.6 is 0 Å². The minimum atomic E-state index is -0.773. The Morgan fingerprint density at radius 1 is 1.77 bits per heavy atom. The second-order valence-electron chi connectivity index (χ2n) is 3.18. The van der Waals surface area contributed by atoms with E-state index in [0.717, 1.165) is 6.54 Å². The Balaban J connectivity index is 2.28. The van der Waals surface area contributed by atoms with Crippen LogP contribution in [0, 0.1) is 0 Å². The number of carboxylic acids is 1. The van der Waals surface area contributed by atoms with Gasteiger partial charge in [0.25, 0.3) is 0 Å². The summed E-state index contributed by atoms with van der Waals surface area (Å²) < 4.78 is 5.43. The number of carboxylic acid groups (broad SMARTS) is 1. The zero-order valence-corrected chi connectivity index (χ0v) is 7.82. The highest BCUT2D eigenvalue weighted by molar-refractivity contribution is 5.69. The van der Waals surface area contributed by atoms with E-state index in [-0.39, 0.29) is 12.6 Å². The predicted molar refractivity (Wildman–Crippen MR) is 47.7 cm³/mol. The van der Waals surface area contributed by atoms with Crippen molar-refractivity contribution in [2.24, 2.45) is 0 Å². The fourth-order valence-electron chi connectivity index (χ4n) is 1.47. The molecule has 1 atom stereocenters. The SMILES string of the molecule is CNCC1CN(CC(=O)O)CCO1. The Kier molecular flexibility index (Phi) is 4.14. The molecule has 1 unspecified atom stereocenters. The molecule has 0 bridgehead atoms. The molecule has 1 saturated heterocycles. The molecule has 0 saturated carbocycles. The zero-order chi connectivity index (χ0) is 9.68. The highest BCUT2D eigenvalue weighted by atomic mass is 16.5. The lowest BCUT2D eigenvalue weighted by Crippen LogP contribution is -2.47. The highest BCUT2D eigenvalue weighted by Gasteiger charge is 2.20. The first kappa shape index (κ1) is 10.4. The van der Waals surface area contributed by atoms with Gasteiger partial charge in [0.15, 0.2) is 0 Å². The number of aliphatic carboxylic acids is 1. The van der Waals surface area contributed by atoms with Gasteiger partial charge in [0, 0.05) is 19.6 Å². The first-order valence-corrected chi connectivity index (χ1v) is 4.42. The number of morpholine rings is 1. The number of nitrogens with one attached hydrogen (secondary N) is 1. The Morgan fingerprint density at radius 2 is 2.54 bits per heavy atom. The average molecular weight is 188 g/mol. The van der Waals surface area contributed by atoms with Crippen LogP contribution in [0.2, 0.25) is 0 Å². The molecule has 1 fully saturated rings. The smallest absolute Gasteiger partial charge is 0.317 e. The van der Waals surface area contributed by atoms with Crippen molar-refractivity contribution < 1.29 is 14.6 Å². The summed E-state index contributed by atoms with van der Waals surface area (Å²) in [5.41, 5.74) is 0. The lowest BCUT2D eigenvalue weighted by molar-refractivity contribution is -0.140. The van der Waals surface area contributed by atoms with Crippen LogP contribution in [-0.4, -0.2) is 61.9 Å². The quantitative estimate of drug-likeness (QED) is 0.592. The summed E-state index contributed by atoms with van der Waals surface area (Å²) in [6.45, 7) is 2.93. The van der Waals surface area contributed by atoms with E-state index < -0.39 is 5.97 Å². The van der Waals surface area contributed by atoms with Gasteiger partial charge in [-0.1, -0.05) is 0 Å². The van der Waals surface area contributed by atoms with Crippen LogP contribution in [0.3, 0.4) is 0 Å². The second kappa shape index (κ2) is 5.16. The largest absolute Gasteiger partial charge is 0.480 e. The molecule has 1 aliphatic rings. The molecule has 0 aromatic carbocycles. The van der Waals surface area contributed by atoms with Gasteiger partial charge in [-0.15, -0.1) is 0 Å². The minimum absolute atomic E-state index is 0.115. The molecule has 5 nitrogen and oxygen atoms in total. The monoisotopic (exact) mass is 188 g/mol. The fourth-order valence-corrected chi connectivity index (χ4v) is 1.47. The fraction of sp³-hybridized carbons (Fsp3) is 0.875. The number of carbonyl (C=O) groups is 1. The van der Waals surface area contributed by atoms with Crippen molar-refractivity contribution in [1.29, 1.82) is 0 Å². The first-order valence-electron chi connectivity index (χ1n) is 4.42. The summed E-state index contributed by atoms with van der Waals surface area (Å²) in [6, 6.07) is 0. The van der Waals surface area contributed by atoms with E-state index in [1.54, 1.807) is 0 Å².